The van der Waals surface area contributed by atoms with Crippen molar-refractivity contribution in [1.82, 2.24) is 4.90 Å². The van der Waals surface area contributed by atoms with Crippen molar-refractivity contribution in [1.29, 1.82) is 0 Å². The van der Waals surface area contributed by atoms with Crippen molar-refractivity contribution in [2.75, 3.05) is 48.6 Å². The van der Waals surface area contributed by atoms with Crippen molar-refractivity contribution in [3.8, 4) is 5.75 Å². The van der Waals surface area contributed by atoms with Crippen LogP contribution in [0.25, 0.3) is 0 Å². The summed E-state index contributed by atoms with van der Waals surface area (Å²) in [6, 6.07) is 13.0. The highest BCUT2D eigenvalue weighted by atomic mass is 32.2. The third kappa shape index (κ3) is 9.64. The fourth-order valence-corrected chi connectivity index (χ4v) is 3.56. The van der Waals surface area contributed by atoms with Gasteiger partial charge in [0.05, 0.1) is 12.5 Å². The number of hydrogen-bond acceptors (Lipinski definition) is 6. The van der Waals surface area contributed by atoms with Crippen LogP contribution in [0.3, 0.4) is 0 Å². The smallest absolute Gasteiger partial charge is 0.229 e. The van der Waals surface area contributed by atoms with Gasteiger partial charge in [-0.05, 0) is 55.4 Å². The van der Waals surface area contributed by atoms with Crippen molar-refractivity contribution in [3.63, 3.8) is 0 Å². The predicted octanol–water partition coefficient (Wildman–Crippen LogP) is 1.98. The van der Waals surface area contributed by atoms with Crippen molar-refractivity contribution in [3.05, 3.63) is 54.1 Å². The molecule has 2 N–H and O–H groups in total. The second-order valence-electron chi connectivity index (χ2n) is 6.56. The Bertz CT molecular complexity index is 1090. The third-order valence-electron chi connectivity index (χ3n) is 3.72. The van der Waals surface area contributed by atoms with Crippen molar-refractivity contribution in [2.24, 2.45) is 0 Å². The Morgan fingerprint density at radius 1 is 0.862 bits per heavy atom. The molecule has 0 saturated carbocycles. The molecular weight excluding hydrogens is 414 g/mol. The zero-order valence-corrected chi connectivity index (χ0v) is 17.9. The van der Waals surface area contributed by atoms with Gasteiger partial charge in [0, 0.05) is 28.6 Å². The lowest BCUT2D eigenvalue weighted by Crippen LogP contribution is -2.26. The molecule has 0 amide bonds. The molecule has 0 saturated heterocycles. The minimum absolute atomic E-state index is 0.133. The molecule has 2 aromatic carbocycles. The second kappa shape index (κ2) is 9.95. The maximum absolute atomic E-state index is 11.3. The first kappa shape index (κ1) is 18.7. The maximum atomic E-state index is 11.3. The molecule has 0 spiro atoms. The molecule has 2 aromatic rings. The molecule has 0 unspecified atom stereocenters. The molecule has 0 heterocycles. The van der Waals surface area contributed by atoms with Gasteiger partial charge in [-0.15, -0.1) is 0 Å². The third-order valence-corrected chi connectivity index (χ3v) is 4.93. The fraction of sp³-hybridized carbons (Fsp3) is 0.368. The Kier molecular flexibility index (Phi) is 6.42. The van der Waals surface area contributed by atoms with Crippen LogP contribution in [0.2, 0.25) is 0 Å². The summed E-state index contributed by atoms with van der Waals surface area (Å²) in [7, 11) is -6.72. The molecule has 8 nitrogen and oxygen atoms in total. The summed E-state index contributed by atoms with van der Waals surface area (Å²) in [5.74, 6) is 0.489. The monoisotopic (exact) mass is 447 g/mol. The van der Waals surface area contributed by atoms with E-state index in [2.05, 4.69) is 9.44 Å². The Labute approximate surface area is 177 Å². The van der Waals surface area contributed by atoms with E-state index < -0.39 is 27.0 Å². The van der Waals surface area contributed by atoms with Gasteiger partial charge in [0.15, 0.2) is 0 Å². The molecule has 0 bridgehead atoms. The van der Waals surface area contributed by atoms with E-state index in [9.17, 15) is 16.8 Å². The number of rotatable bonds is 11. The van der Waals surface area contributed by atoms with Gasteiger partial charge < -0.3 is 9.64 Å². The van der Waals surface area contributed by atoms with E-state index >= 15 is 0 Å². The van der Waals surface area contributed by atoms with Gasteiger partial charge in [0.25, 0.3) is 0 Å². The summed E-state index contributed by atoms with van der Waals surface area (Å²) in [5.41, 5.74) is 1.71. The summed E-state index contributed by atoms with van der Waals surface area (Å²) in [4.78, 5) is 1.33. The van der Waals surface area contributed by atoms with Crippen LogP contribution in [0, 0.1) is 0 Å². The highest BCUT2D eigenvalue weighted by molar-refractivity contribution is 7.92. The van der Waals surface area contributed by atoms with E-state index in [4.69, 9.17) is 8.85 Å². The minimum Gasteiger partial charge on any atom is -0.492 e. The van der Waals surface area contributed by atoms with Crippen LogP contribution in [0.15, 0.2) is 48.5 Å². The molecule has 0 aliphatic heterocycles. The molecule has 2 rings (SSSR count). The summed E-state index contributed by atoms with van der Waals surface area (Å²) in [5, 5.41) is 0. The molecule has 0 aliphatic rings. The van der Waals surface area contributed by atoms with E-state index in [1.54, 1.807) is 48.5 Å². The topological polar surface area (TPSA) is 105 Å². The van der Waals surface area contributed by atoms with Crippen LogP contribution >= 0.6 is 0 Å². The van der Waals surface area contributed by atoms with Crippen LogP contribution < -0.4 is 14.2 Å². The summed E-state index contributed by atoms with van der Waals surface area (Å²) in [6.07, 6.45) is 2.59. The molecule has 160 valence electrons. The first-order valence-electron chi connectivity index (χ1n) is 10.2. The predicted molar refractivity (Wildman–Crippen MR) is 117 cm³/mol. The van der Waals surface area contributed by atoms with Crippen LogP contribution in [0.4, 0.5) is 11.4 Å². The van der Waals surface area contributed by atoms with Crippen molar-refractivity contribution >= 4 is 31.4 Å². The molecule has 0 radical (unpaired) electrons. The van der Waals surface area contributed by atoms with Gasteiger partial charge in [-0.2, -0.15) is 0 Å². The zero-order chi connectivity index (χ0) is 24.0. The Balaban J connectivity index is 1.88. The number of hydrogen-bond donors (Lipinski definition) is 2. The van der Waals surface area contributed by atoms with Gasteiger partial charge in [0.2, 0.25) is 20.0 Å². The average molecular weight is 448 g/mol. The number of ether oxygens (including phenoxy) is 1. The number of likely N-dealkylation sites (N-methyl/N-ethyl adjacent to an activating group) is 1. The van der Waals surface area contributed by atoms with E-state index in [0.29, 0.717) is 23.5 Å². The lowest BCUT2D eigenvalue weighted by molar-refractivity contribution is 0.239. The Morgan fingerprint density at radius 3 is 1.86 bits per heavy atom. The van der Waals surface area contributed by atoms with Gasteiger partial charge in [0.1, 0.15) is 12.4 Å². The van der Waals surface area contributed by atoms with Gasteiger partial charge in [-0.1, -0.05) is 12.1 Å². The summed E-state index contributed by atoms with van der Waals surface area (Å²) < 4.78 is 78.6. The first-order valence-corrected chi connectivity index (χ1v) is 12.5. The van der Waals surface area contributed by atoms with Gasteiger partial charge in [-0.25, -0.2) is 16.8 Å². The van der Waals surface area contributed by atoms with Crippen LogP contribution in [-0.4, -0.2) is 60.9 Å². The highest BCUT2D eigenvalue weighted by Gasteiger charge is 2.05. The van der Waals surface area contributed by atoms with E-state index in [0.717, 1.165) is 18.1 Å². The number of sulfonamides is 2. The second-order valence-corrected chi connectivity index (χ2v) is 10.1. The molecule has 0 fully saturated rings. The minimum atomic E-state index is -3.36. The standard InChI is InChI=1S/C19H27N3O5S2/c1-22(13-12-16-4-6-17(7-5-16)20-28(2,23)24)14-15-27-19-10-8-18(9-11-19)21-29(3,25)26/h4-11,20-21H,12-15H2,1-3H3/i1T3. The van der Waals surface area contributed by atoms with E-state index in [1.165, 1.54) is 4.90 Å². The number of nitrogens with zero attached hydrogens (tertiary/aromatic N) is 1. The molecular formula is C19H27N3O5S2. The van der Waals surface area contributed by atoms with Gasteiger partial charge in [-0.3, -0.25) is 9.44 Å². The van der Waals surface area contributed by atoms with Crippen molar-refractivity contribution < 1.29 is 25.7 Å². The first-order chi connectivity index (χ1) is 14.7. The molecule has 29 heavy (non-hydrogen) atoms. The average Bonchev–Trinajstić information content (AvgIpc) is 2.63. The normalized spacial score (nSPS) is 14.0. The lowest BCUT2D eigenvalue weighted by Gasteiger charge is -2.17. The van der Waals surface area contributed by atoms with Crippen LogP contribution in [0.5, 0.6) is 5.75 Å². The largest absolute Gasteiger partial charge is 0.492 e. The Hall–Kier alpha value is -2.30. The van der Waals surface area contributed by atoms with Crippen LogP contribution in [0.1, 0.15) is 9.68 Å². The zero-order valence-electron chi connectivity index (χ0n) is 19.3. The highest BCUT2D eigenvalue weighted by Crippen LogP contribution is 2.16. The number of anilines is 2. The van der Waals surface area contributed by atoms with Crippen molar-refractivity contribution in [2.45, 2.75) is 6.42 Å². The summed E-state index contributed by atoms with van der Waals surface area (Å²) >= 11 is 0. The summed E-state index contributed by atoms with van der Waals surface area (Å²) in [6.45, 7) is -1.75. The fourth-order valence-electron chi connectivity index (χ4n) is 2.44. The number of nitrogens with one attached hydrogen (secondary N) is 2. The van der Waals surface area contributed by atoms with E-state index in [-0.39, 0.29) is 19.7 Å². The molecule has 0 aromatic heterocycles. The van der Waals surface area contributed by atoms with E-state index in [1.807, 2.05) is 0 Å². The maximum Gasteiger partial charge on any atom is 0.229 e. The Morgan fingerprint density at radius 2 is 1.38 bits per heavy atom. The van der Waals surface area contributed by atoms with Crippen LogP contribution in [-0.2, 0) is 26.5 Å². The SMILES string of the molecule is [3H]C([3H])([3H])N(CCOc1ccc(NS(C)(=O)=O)cc1)CCc1ccc(NS(C)(=O)=O)cc1. The quantitative estimate of drug-likeness (QED) is 0.546. The molecule has 10 heteroatoms. The number of benzene rings is 2. The molecule has 0 atom stereocenters. The van der Waals surface area contributed by atoms with Gasteiger partial charge >= 0.3 is 0 Å². The lowest BCUT2D eigenvalue weighted by atomic mass is 10.1. The molecule has 0 aliphatic carbocycles.